The van der Waals surface area contributed by atoms with Gasteiger partial charge >= 0.3 is 0 Å². The van der Waals surface area contributed by atoms with Crippen LogP contribution in [0.2, 0.25) is 0 Å². The average Bonchev–Trinajstić information content (AvgIpc) is 2.23. The van der Waals surface area contributed by atoms with Crippen LogP contribution in [0.25, 0.3) is 0 Å². The third-order valence-corrected chi connectivity index (χ3v) is 2.34. The van der Waals surface area contributed by atoms with Crippen LogP contribution in [0.3, 0.4) is 0 Å². The fraction of sp³-hybridized carbons (Fsp3) is 0.417. The number of rotatable bonds is 4. The van der Waals surface area contributed by atoms with Crippen LogP contribution in [0.4, 0.5) is 0 Å². The SMILES string of the molecule is CCOc1cc(C)c(C)cc1C(=O)NOC. The number of hydrogen-bond donors (Lipinski definition) is 1. The molecule has 0 aromatic heterocycles. The quantitative estimate of drug-likeness (QED) is 0.794. The van der Waals surface area contributed by atoms with Crippen molar-refractivity contribution < 1.29 is 14.4 Å². The number of ether oxygens (including phenoxy) is 1. The van der Waals surface area contributed by atoms with E-state index in [-0.39, 0.29) is 5.91 Å². The second-order valence-corrected chi connectivity index (χ2v) is 3.50. The Balaban J connectivity index is 3.13. The van der Waals surface area contributed by atoms with Gasteiger partial charge in [0.25, 0.3) is 5.91 Å². The van der Waals surface area contributed by atoms with Gasteiger partial charge in [0.2, 0.25) is 0 Å². The lowest BCUT2D eigenvalue weighted by molar-refractivity contribution is 0.0534. The molecule has 1 N–H and O–H groups in total. The Morgan fingerprint density at radius 3 is 2.50 bits per heavy atom. The van der Waals surface area contributed by atoms with Crippen molar-refractivity contribution in [2.24, 2.45) is 0 Å². The molecular formula is C12H17NO3. The molecule has 4 nitrogen and oxygen atoms in total. The highest BCUT2D eigenvalue weighted by Crippen LogP contribution is 2.23. The number of hydrogen-bond acceptors (Lipinski definition) is 3. The van der Waals surface area contributed by atoms with Crippen LogP contribution < -0.4 is 10.2 Å². The molecule has 1 amide bonds. The predicted octanol–water partition coefficient (Wildman–Crippen LogP) is 1.99. The summed E-state index contributed by atoms with van der Waals surface area (Å²) in [6.45, 7) is 6.34. The van der Waals surface area contributed by atoms with Gasteiger partial charge in [-0.05, 0) is 44.0 Å². The Labute approximate surface area is 95.5 Å². The molecule has 1 aromatic rings. The van der Waals surface area contributed by atoms with Gasteiger partial charge in [0.05, 0.1) is 19.3 Å². The summed E-state index contributed by atoms with van der Waals surface area (Å²) in [5.74, 6) is 0.286. The normalized spacial score (nSPS) is 10.0. The van der Waals surface area contributed by atoms with Crippen LogP contribution in [0, 0.1) is 13.8 Å². The van der Waals surface area contributed by atoms with Crippen LogP contribution in [-0.2, 0) is 4.84 Å². The molecule has 1 rings (SSSR count). The standard InChI is InChI=1S/C12H17NO3/c1-5-16-11-7-9(3)8(2)6-10(11)12(14)13-15-4/h6-7H,5H2,1-4H3,(H,13,14). The summed E-state index contributed by atoms with van der Waals surface area (Å²) in [5.41, 5.74) is 4.92. The number of nitrogens with one attached hydrogen (secondary N) is 1. The van der Waals surface area contributed by atoms with E-state index < -0.39 is 0 Å². The molecular weight excluding hydrogens is 206 g/mol. The molecule has 0 aliphatic rings. The van der Waals surface area contributed by atoms with Crippen molar-refractivity contribution in [3.05, 3.63) is 28.8 Å². The minimum atomic E-state index is -0.297. The highest BCUT2D eigenvalue weighted by Gasteiger charge is 2.13. The van der Waals surface area contributed by atoms with Crippen molar-refractivity contribution in [1.29, 1.82) is 0 Å². The summed E-state index contributed by atoms with van der Waals surface area (Å²) in [5, 5.41) is 0. The zero-order valence-electron chi connectivity index (χ0n) is 10.1. The minimum absolute atomic E-state index is 0.297. The molecule has 0 radical (unpaired) electrons. The van der Waals surface area contributed by atoms with Gasteiger partial charge in [-0.3, -0.25) is 9.63 Å². The molecule has 0 bridgehead atoms. The van der Waals surface area contributed by atoms with Crippen LogP contribution in [0.15, 0.2) is 12.1 Å². The van der Waals surface area contributed by atoms with Gasteiger partial charge in [-0.15, -0.1) is 0 Å². The van der Waals surface area contributed by atoms with E-state index in [1.54, 1.807) is 6.07 Å². The summed E-state index contributed by atoms with van der Waals surface area (Å²) in [6.07, 6.45) is 0. The van der Waals surface area contributed by atoms with E-state index in [0.29, 0.717) is 17.9 Å². The van der Waals surface area contributed by atoms with E-state index in [2.05, 4.69) is 10.3 Å². The van der Waals surface area contributed by atoms with Crippen molar-refractivity contribution in [3.63, 3.8) is 0 Å². The Morgan fingerprint density at radius 1 is 1.31 bits per heavy atom. The van der Waals surface area contributed by atoms with E-state index in [0.717, 1.165) is 11.1 Å². The van der Waals surface area contributed by atoms with Crippen molar-refractivity contribution in [2.75, 3.05) is 13.7 Å². The van der Waals surface area contributed by atoms with Crippen molar-refractivity contribution >= 4 is 5.91 Å². The van der Waals surface area contributed by atoms with E-state index in [4.69, 9.17) is 4.74 Å². The van der Waals surface area contributed by atoms with E-state index in [9.17, 15) is 4.79 Å². The molecule has 0 aliphatic carbocycles. The summed E-state index contributed by atoms with van der Waals surface area (Å²) in [4.78, 5) is 16.3. The highest BCUT2D eigenvalue weighted by molar-refractivity contribution is 5.96. The molecule has 4 heteroatoms. The lowest BCUT2D eigenvalue weighted by Crippen LogP contribution is -2.22. The van der Waals surface area contributed by atoms with Crippen molar-refractivity contribution in [2.45, 2.75) is 20.8 Å². The topological polar surface area (TPSA) is 47.6 Å². The number of aryl methyl sites for hydroxylation is 2. The van der Waals surface area contributed by atoms with Gasteiger partial charge in [-0.25, -0.2) is 5.48 Å². The van der Waals surface area contributed by atoms with Gasteiger partial charge < -0.3 is 4.74 Å². The maximum Gasteiger partial charge on any atom is 0.278 e. The molecule has 0 heterocycles. The van der Waals surface area contributed by atoms with E-state index >= 15 is 0 Å². The number of carbonyl (C=O) groups is 1. The first-order valence-corrected chi connectivity index (χ1v) is 5.17. The number of amides is 1. The third-order valence-electron chi connectivity index (χ3n) is 2.34. The minimum Gasteiger partial charge on any atom is -0.493 e. The Morgan fingerprint density at radius 2 is 1.94 bits per heavy atom. The molecule has 0 fully saturated rings. The first kappa shape index (κ1) is 12.5. The summed E-state index contributed by atoms with van der Waals surface area (Å²) in [6, 6.07) is 3.66. The van der Waals surface area contributed by atoms with Gasteiger partial charge in [0, 0.05) is 0 Å². The molecule has 0 atom stereocenters. The molecule has 0 saturated carbocycles. The highest BCUT2D eigenvalue weighted by atomic mass is 16.6. The van der Waals surface area contributed by atoms with Crippen LogP contribution in [0.5, 0.6) is 5.75 Å². The monoisotopic (exact) mass is 223 g/mol. The van der Waals surface area contributed by atoms with Crippen molar-refractivity contribution in [1.82, 2.24) is 5.48 Å². The first-order valence-electron chi connectivity index (χ1n) is 5.17. The van der Waals surface area contributed by atoms with Gasteiger partial charge in [-0.1, -0.05) is 0 Å². The largest absolute Gasteiger partial charge is 0.493 e. The Bertz CT molecular complexity index is 388. The third kappa shape index (κ3) is 2.73. The molecule has 0 unspecified atom stereocenters. The Kier molecular flexibility index (Phi) is 4.31. The lowest BCUT2D eigenvalue weighted by atomic mass is 10.0. The Hall–Kier alpha value is -1.55. The van der Waals surface area contributed by atoms with E-state index in [1.807, 2.05) is 26.8 Å². The van der Waals surface area contributed by atoms with E-state index in [1.165, 1.54) is 7.11 Å². The maximum absolute atomic E-state index is 11.7. The second kappa shape index (κ2) is 5.51. The number of hydroxylamine groups is 1. The molecule has 88 valence electrons. The summed E-state index contributed by atoms with van der Waals surface area (Å²) in [7, 11) is 1.40. The molecule has 1 aromatic carbocycles. The second-order valence-electron chi connectivity index (χ2n) is 3.50. The molecule has 0 spiro atoms. The number of carbonyl (C=O) groups excluding carboxylic acids is 1. The maximum atomic E-state index is 11.7. The molecule has 0 saturated heterocycles. The molecule has 0 aliphatic heterocycles. The van der Waals surface area contributed by atoms with Crippen LogP contribution in [0.1, 0.15) is 28.4 Å². The van der Waals surface area contributed by atoms with Crippen LogP contribution in [-0.4, -0.2) is 19.6 Å². The van der Waals surface area contributed by atoms with Gasteiger partial charge in [-0.2, -0.15) is 0 Å². The predicted molar refractivity (Wildman–Crippen MR) is 61.6 cm³/mol. The smallest absolute Gasteiger partial charge is 0.278 e. The van der Waals surface area contributed by atoms with Crippen molar-refractivity contribution in [3.8, 4) is 5.75 Å². The number of benzene rings is 1. The van der Waals surface area contributed by atoms with Crippen LogP contribution >= 0.6 is 0 Å². The zero-order valence-corrected chi connectivity index (χ0v) is 10.1. The lowest BCUT2D eigenvalue weighted by Gasteiger charge is -2.12. The first-order chi connectivity index (χ1) is 7.60. The summed E-state index contributed by atoms with van der Waals surface area (Å²) < 4.78 is 5.42. The van der Waals surface area contributed by atoms with Gasteiger partial charge in [0.1, 0.15) is 5.75 Å². The van der Waals surface area contributed by atoms with Gasteiger partial charge in [0.15, 0.2) is 0 Å². The molecule has 16 heavy (non-hydrogen) atoms. The average molecular weight is 223 g/mol. The fourth-order valence-corrected chi connectivity index (χ4v) is 1.39. The fourth-order valence-electron chi connectivity index (χ4n) is 1.39. The zero-order chi connectivity index (χ0) is 12.1. The summed E-state index contributed by atoms with van der Waals surface area (Å²) >= 11 is 0.